The van der Waals surface area contributed by atoms with Crippen molar-refractivity contribution in [3.05, 3.63) is 47.8 Å². The minimum Gasteiger partial charge on any atom is -0.386 e. The van der Waals surface area contributed by atoms with Gasteiger partial charge in [-0.2, -0.15) is 0 Å². The van der Waals surface area contributed by atoms with Gasteiger partial charge in [-0.25, -0.2) is 4.68 Å². The molecule has 1 aromatic carbocycles. The van der Waals surface area contributed by atoms with E-state index >= 15 is 0 Å². The third kappa shape index (κ3) is 2.51. The highest BCUT2D eigenvalue weighted by molar-refractivity contribution is 5.92. The molecule has 1 aliphatic carbocycles. The van der Waals surface area contributed by atoms with E-state index in [2.05, 4.69) is 29.4 Å². The lowest BCUT2D eigenvalue weighted by molar-refractivity contribution is -0.134. The maximum Gasteiger partial charge on any atom is 0.233 e. The number of carbonyl (C=O) groups excluding carboxylic acids is 1. The van der Waals surface area contributed by atoms with Crippen molar-refractivity contribution in [2.75, 3.05) is 13.1 Å². The lowest BCUT2D eigenvalue weighted by Gasteiger charge is -2.27. The Kier molecular flexibility index (Phi) is 3.46. The van der Waals surface area contributed by atoms with Gasteiger partial charge in [0.2, 0.25) is 5.91 Å². The minimum atomic E-state index is -0.925. The fraction of sp³-hybridized carbons (Fsp3) is 0.500. The van der Waals surface area contributed by atoms with Crippen molar-refractivity contribution in [3.8, 4) is 0 Å². The molecule has 6 heteroatoms. The normalized spacial score (nSPS) is 25.0. The van der Waals surface area contributed by atoms with Crippen molar-refractivity contribution in [1.29, 1.82) is 0 Å². The lowest BCUT2D eigenvalue weighted by Crippen LogP contribution is -2.43. The van der Waals surface area contributed by atoms with Crippen molar-refractivity contribution < 1.29 is 9.90 Å². The molecule has 1 aromatic heterocycles. The Morgan fingerprint density at radius 1 is 1.29 bits per heavy atom. The molecule has 2 fully saturated rings. The number of amides is 1. The molecule has 1 N–H and O–H groups in total. The summed E-state index contributed by atoms with van der Waals surface area (Å²) in [5.74, 6) is 0.159. The fourth-order valence-corrected chi connectivity index (χ4v) is 3.91. The largest absolute Gasteiger partial charge is 0.386 e. The summed E-state index contributed by atoms with van der Waals surface area (Å²) in [5.41, 5.74) is 1.01. The average molecular weight is 326 g/mol. The second-order valence-corrected chi connectivity index (χ2v) is 7.20. The monoisotopic (exact) mass is 326 g/mol. The first-order chi connectivity index (χ1) is 11.5. The molecule has 1 unspecified atom stereocenters. The smallest absolute Gasteiger partial charge is 0.233 e. The topological polar surface area (TPSA) is 71.2 Å². The zero-order valence-corrected chi connectivity index (χ0v) is 13.9. The number of β-amino-alcohol motifs (C(OH)–C–C–N with tert-alkyl or cyclic N) is 1. The van der Waals surface area contributed by atoms with Crippen LogP contribution < -0.4 is 0 Å². The van der Waals surface area contributed by atoms with Gasteiger partial charge in [0.05, 0.1) is 24.7 Å². The second-order valence-electron chi connectivity index (χ2n) is 7.20. The zero-order chi connectivity index (χ0) is 16.8. The molecule has 24 heavy (non-hydrogen) atoms. The Bertz CT molecular complexity index is 754. The fourth-order valence-electron chi connectivity index (χ4n) is 3.91. The van der Waals surface area contributed by atoms with Gasteiger partial charge in [0.1, 0.15) is 5.60 Å². The molecule has 0 spiro atoms. The van der Waals surface area contributed by atoms with E-state index in [0.717, 1.165) is 18.4 Å². The minimum absolute atomic E-state index is 0.159. The summed E-state index contributed by atoms with van der Waals surface area (Å²) in [4.78, 5) is 15.0. The molecule has 126 valence electrons. The maximum absolute atomic E-state index is 13.2. The van der Waals surface area contributed by atoms with Crippen LogP contribution in [0, 0.1) is 6.92 Å². The van der Waals surface area contributed by atoms with Crippen LogP contribution in [-0.4, -0.2) is 49.6 Å². The SMILES string of the molecule is Cc1ccccc1C1(C(=O)N2CCC(O)(Cn3ccnn3)C2)CC1. The summed E-state index contributed by atoms with van der Waals surface area (Å²) >= 11 is 0. The van der Waals surface area contributed by atoms with E-state index in [9.17, 15) is 9.90 Å². The van der Waals surface area contributed by atoms with Crippen LogP contribution in [0.2, 0.25) is 0 Å². The van der Waals surface area contributed by atoms with Gasteiger partial charge < -0.3 is 10.0 Å². The van der Waals surface area contributed by atoms with Crippen LogP contribution in [-0.2, 0) is 16.8 Å². The summed E-state index contributed by atoms with van der Waals surface area (Å²) in [7, 11) is 0. The molecule has 2 aromatic rings. The van der Waals surface area contributed by atoms with E-state index in [0.29, 0.717) is 26.1 Å². The summed E-state index contributed by atoms with van der Waals surface area (Å²) in [6, 6.07) is 8.14. The predicted octanol–water partition coefficient (Wildman–Crippen LogP) is 1.28. The molecule has 0 bridgehead atoms. The number of rotatable bonds is 4. The van der Waals surface area contributed by atoms with Crippen LogP contribution in [0.3, 0.4) is 0 Å². The van der Waals surface area contributed by atoms with Gasteiger partial charge in [0, 0.05) is 12.7 Å². The van der Waals surface area contributed by atoms with E-state index in [-0.39, 0.29) is 11.3 Å². The van der Waals surface area contributed by atoms with E-state index in [1.165, 1.54) is 5.56 Å². The number of likely N-dealkylation sites (tertiary alicyclic amines) is 1. The number of aromatic nitrogens is 3. The maximum atomic E-state index is 13.2. The number of aryl methyl sites for hydroxylation is 1. The first-order valence-electron chi connectivity index (χ1n) is 8.44. The first-order valence-corrected chi connectivity index (χ1v) is 8.44. The average Bonchev–Trinajstić information content (AvgIpc) is 3.04. The molecular weight excluding hydrogens is 304 g/mol. The van der Waals surface area contributed by atoms with Crippen molar-refractivity contribution in [3.63, 3.8) is 0 Å². The summed E-state index contributed by atoms with van der Waals surface area (Å²) in [6.45, 7) is 3.39. The van der Waals surface area contributed by atoms with E-state index in [1.54, 1.807) is 17.1 Å². The number of carbonyl (C=O) groups is 1. The van der Waals surface area contributed by atoms with Gasteiger partial charge in [-0.15, -0.1) is 5.10 Å². The highest BCUT2D eigenvalue weighted by atomic mass is 16.3. The quantitative estimate of drug-likeness (QED) is 0.919. The third-order valence-electron chi connectivity index (χ3n) is 5.37. The Morgan fingerprint density at radius 2 is 2.08 bits per heavy atom. The van der Waals surface area contributed by atoms with Crippen LogP contribution in [0.5, 0.6) is 0 Å². The predicted molar refractivity (Wildman–Crippen MR) is 88.3 cm³/mol. The Balaban J connectivity index is 1.51. The molecule has 4 rings (SSSR count). The molecule has 1 amide bonds. The Labute approximate surface area is 141 Å². The van der Waals surface area contributed by atoms with Crippen molar-refractivity contribution in [1.82, 2.24) is 19.9 Å². The van der Waals surface area contributed by atoms with E-state index in [4.69, 9.17) is 0 Å². The van der Waals surface area contributed by atoms with Crippen LogP contribution in [0.15, 0.2) is 36.7 Å². The Hall–Kier alpha value is -2.21. The summed E-state index contributed by atoms with van der Waals surface area (Å²) in [6.07, 6.45) is 5.70. The van der Waals surface area contributed by atoms with Crippen LogP contribution in [0.4, 0.5) is 0 Å². The molecule has 1 aliphatic heterocycles. The summed E-state index contributed by atoms with van der Waals surface area (Å²) < 4.78 is 1.63. The van der Waals surface area contributed by atoms with Gasteiger partial charge in [-0.1, -0.05) is 29.5 Å². The van der Waals surface area contributed by atoms with Gasteiger partial charge >= 0.3 is 0 Å². The van der Waals surface area contributed by atoms with Gasteiger partial charge in [-0.05, 0) is 37.3 Å². The van der Waals surface area contributed by atoms with Crippen molar-refractivity contribution in [2.45, 2.75) is 43.7 Å². The number of aliphatic hydroxyl groups is 1. The highest BCUT2D eigenvalue weighted by Crippen LogP contribution is 2.51. The first kappa shape index (κ1) is 15.3. The molecule has 0 radical (unpaired) electrons. The van der Waals surface area contributed by atoms with Crippen LogP contribution in [0.25, 0.3) is 0 Å². The molecule has 6 nitrogen and oxygen atoms in total. The molecule has 2 heterocycles. The van der Waals surface area contributed by atoms with Crippen molar-refractivity contribution in [2.24, 2.45) is 0 Å². The number of hydrogen-bond donors (Lipinski definition) is 1. The molecular formula is C18H22N4O2. The zero-order valence-electron chi connectivity index (χ0n) is 13.9. The third-order valence-corrected chi connectivity index (χ3v) is 5.37. The lowest BCUT2D eigenvalue weighted by atomic mass is 9.90. The van der Waals surface area contributed by atoms with Gasteiger partial charge in [0.25, 0.3) is 0 Å². The molecule has 1 saturated heterocycles. The summed E-state index contributed by atoms with van der Waals surface area (Å²) in [5, 5.41) is 18.5. The van der Waals surface area contributed by atoms with Crippen molar-refractivity contribution >= 4 is 5.91 Å². The van der Waals surface area contributed by atoms with Crippen LogP contribution >= 0.6 is 0 Å². The van der Waals surface area contributed by atoms with Gasteiger partial charge in [-0.3, -0.25) is 4.79 Å². The second kappa shape index (κ2) is 5.41. The van der Waals surface area contributed by atoms with E-state index in [1.807, 2.05) is 17.0 Å². The van der Waals surface area contributed by atoms with E-state index < -0.39 is 5.60 Å². The number of benzene rings is 1. The highest BCUT2D eigenvalue weighted by Gasteiger charge is 2.55. The number of nitrogens with zero attached hydrogens (tertiary/aromatic N) is 4. The molecule has 2 aliphatic rings. The molecule has 1 atom stereocenters. The van der Waals surface area contributed by atoms with Gasteiger partial charge in [0.15, 0.2) is 0 Å². The number of hydrogen-bond acceptors (Lipinski definition) is 4. The van der Waals surface area contributed by atoms with Crippen LogP contribution in [0.1, 0.15) is 30.4 Å². The molecule has 1 saturated carbocycles. The standard InChI is InChI=1S/C18H22N4O2/c1-14-4-2-3-5-15(14)18(6-7-18)16(23)21-10-8-17(24,12-21)13-22-11-9-19-20-22/h2-5,9,11,24H,6-8,10,12-13H2,1H3. The Morgan fingerprint density at radius 3 is 2.75 bits per heavy atom.